The molecule has 188 valence electrons. The molecule has 3 aromatic rings. The van der Waals surface area contributed by atoms with Crippen molar-refractivity contribution >= 4 is 29.2 Å². The molecule has 3 amide bonds. The van der Waals surface area contributed by atoms with E-state index in [0.29, 0.717) is 17.1 Å². The zero-order chi connectivity index (χ0) is 26.3. The number of nitrogens with zero attached hydrogens (tertiary/aromatic N) is 2. The second kappa shape index (κ2) is 11.6. The summed E-state index contributed by atoms with van der Waals surface area (Å²) in [6.45, 7) is 7.37. The van der Waals surface area contributed by atoms with Crippen molar-refractivity contribution < 1.29 is 18.8 Å². The van der Waals surface area contributed by atoms with E-state index in [1.807, 2.05) is 39.8 Å². The molecular weight excluding hydrogens is 459 g/mol. The van der Waals surface area contributed by atoms with E-state index in [-0.39, 0.29) is 18.7 Å². The van der Waals surface area contributed by atoms with Crippen LogP contribution in [0, 0.1) is 12.7 Å². The van der Waals surface area contributed by atoms with E-state index in [1.165, 1.54) is 29.2 Å². The van der Waals surface area contributed by atoms with Crippen LogP contribution < -0.4 is 15.5 Å². The van der Waals surface area contributed by atoms with Gasteiger partial charge < -0.3 is 10.6 Å². The lowest BCUT2D eigenvalue weighted by molar-refractivity contribution is -0.128. The van der Waals surface area contributed by atoms with Crippen molar-refractivity contribution in [2.45, 2.75) is 52.1 Å². The number of aromatic nitrogens is 1. The van der Waals surface area contributed by atoms with Gasteiger partial charge in [0, 0.05) is 30.3 Å². The number of hydrogen-bond donors (Lipinski definition) is 2. The molecule has 1 heterocycles. The molecule has 0 aliphatic carbocycles. The van der Waals surface area contributed by atoms with E-state index in [1.54, 1.807) is 36.5 Å². The van der Waals surface area contributed by atoms with Crippen LogP contribution in [-0.2, 0) is 14.4 Å². The Bertz CT molecular complexity index is 1210. The third-order valence-electron chi connectivity index (χ3n) is 5.33. The summed E-state index contributed by atoms with van der Waals surface area (Å²) in [7, 11) is 0. The first-order valence-electron chi connectivity index (χ1n) is 11.7. The Hall–Kier alpha value is -4.07. The molecule has 1 aromatic heterocycles. The second-order valence-corrected chi connectivity index (χ2v) is 9.51. The number of rotatable bonds is 8. The molecule has 0 bridgehead atoms. The number of pyridine rings is 1. The van der Waals surface area contributed by atoms with Gasteiger partial charge in [0.1, 0.15) is 17.7 Å². The van der Waals surface area contributed by atoms with Gasteiger partial charge in [-0.25, -0.2) is 9.37 Å². The summed E-state index contributed by atoms with van der Waals surface area (Å²) < 4.78 is 13.7. The number of carbonyl (C=O) groups is 3. The summed E-state index contributed by atoms with van der Waals surface area (Å²) in [4.78, 5) is 45.2. The zero-order valence-electron chi connectivity index (χ0n) is 20.9. The van der Waals surface area contributed by atoms with Gasteiger partial charge in [-0.05, 0) is 69.2 Å². The van der Waals surface area contributed by atoms with Crippen molar-refractivity contribution in [2.24, 2.45) is 0 Å². The number of hydrogen-bond acceptors (Lipinski definition) is 4. The molecule has 0 fully saturated rings. The third kappa shape index (κ3) is 7.21. The molecule has 2 N–H and O–H groups in total. The summed E-state index contributed by atoms with van der Waals surface area (Å²) in [5.41, 5.74) is 1.19. The molecule has 36 heavy (non-hydrogen) atoms. The van der Waals surface area contributed by atoms with Crippen LogP contribution in [0.2, 0.25) is 0 Å². The van der Waals surface area contributed by atoms with Gasteiger partial charge in [-0.1, -0.05) is 36.4 Å². The molecule has 0 aliphatic rings. The highest BCUT2D eigenvalue weighted by atomic mass is 19.1. The van der Waals surface area contributed by atoms with Gasteiger partial charge in [-0.3, -0.25) is 19.3 Å². The summed E-state index contributed by atoms with van der Waals surface area (Å²) >= 11 is 0. The minimum absolute atomic E-state index is 0.102. The highest BCUT2D eigenvalue weighted by Gasteiger charge is 2.35. The molecular formula is C28H31FN4O3. The van der Waals surface area contributed by atoms with Gasteiger partial charge in [0.05, 0.1) is 0 Å². The molecule has 3 rings (SSSR count). The number of para-hydroxylation sites is 1. The van der Waals surface area contributed by atoms with Crippen LogP contribution in [0.4, 0.5) is 15.9 Å². The Kier molecular flexibility index (Phi) is 8.53. The van der Waals surface area contributed by atoms with E-state index < -0.39 is 29.2 Å². The Balaban J connectivity index is 1.96. The average molecular weight is 491 g/mol. The largest absolute Gasteiger partial charge is 0.349 e. The monoisotopic (exact) mass is 490 g/mol. The van der Waals surface area contributed by atoms with Crippen LogP contribution in [-0.4, -0.2) is 28.2 Å². The first-order chi connectivity index (χ1) is 17.0. The summed E-state index contributed by atoms with van der Waals surface area (Å²) in [6.07, 6.45) is 1.31. The number of amides is 3. The lowest BCUT2D eigenvalue weighted by Gasteiger charge is -2.34. The topological polar surface area (TPSA) is 91.4 Å². The minimum Gasteiger partial charge on any atom is -0.349 e. The standard InChI is InChI=1S/C28H31FN4O3/c1-19-9-5-6-10-22(19)33(25(35)17-16-24(34)31-23-11-7-8-18-30-23)26(27(36)32-28(2,3)4)20-12-14-21(29)15-13-20/h5-15,18,26H,16-17H2,1-4H3,(H,32,36)(H,30,31,34). The molecule has 0 spiro atoms. The molecule has 0 saturated heterocycles. The quantitative estimate of drug-likeness (QED) is 0.468. The minimum atomic E-state index is -1.07. The normalized spacial score (nSPS) is 11.9. The van der Waals surface area contributed by atoms with Crippen molar-refractivity contribution in [3.05, 3.63) is 89.9 Å². The lowest BCUT2D eigenvalue weighted by atomic mass is 9.99. The van der Waals surface area contributed by atoms with E-state index in [9.17, 15) is 18.8 Å². The van der Waals surface area contributed by atoms with E-state index >= 15 is 0 Å². The average Bonchev–Trinajstić information content (AvgIpc) is 2.82. The number of nitrogens with one attached hydrogen (secondary N) is 2. The van der Waals surface area contributed by atoms with Crippen LogP contribution in [0.5, 0.6) is 0 Å². The van der Waals surface area contributed by atoms with Gasteiger partial charge in [0.25, 0.3) is 0 Å². The van der Waals surface area contributed by atoms with Gasteiger partial charge in [0.2, 0.25) is 17.7 Å². The molecule has 8 heteroatoms. The molecule has 0 aliphatic heterocycles. The Morgan fingerprint density at radius 3 is 2.22 bits per heavy atom. The van der Waals surface area contributed by atoms with Crippen LogP contribution in [0.25, 0.3) is 0 Å². The van der Waals surface area contributed by atoms with Crippen molar-refractivity contribution in [1.29, 1.82) is 0 Å². The Morgan fingerprint density at radius 2 is 1.61 bits per heavy atom. The van der Waals surface area contributed by atoms with Gasteiger partial charge in [0.15, 0.2) is 0 Å². The van der Waals surface area contributed by atoms with Crippen molar-refractivity contribution in [2.75, 3.05) is 10.2 Å². The van der Waals surface area contributed by atoms with E-state index in [2.05, 4.69) is 15.6 Å². The van der Waals surface area contributed by atoms with E-state index in [4.69, 9.17) is 0 Å². The SMILES string of the molecule is Cc1ccccc1N(C(=O)CCC(=O)Nc1ccccn1)C(C(=O)NC(C)(C)C)c1ccc(F)cc1. The van der Waals surface area contributed by atoms with Gasteiger partial charge >= 0.3 is 0 Å². The Labute approximate surface area is 210 Å². The maximum atomic E-state index is 13.7. The summed E-state index contributed by atoms with van der Waals surface area (Å²) in [6, 6.07) is 16.8. The van der Waals surface area contributed by atoms with Crippen molar-refractivity contribution in [3.63, 3.8) is 0 Å². The number of benzene rings is 2. The fourth-order valence-electron chi connectivity index (χ4n) is 3.73. The van der Waals surface area contributed by atoms with Crippen molar-refractivity contribution in [3.8, 4) is 0 Å². The molecule has 2 aromatic carbocycles. The summed E-state index contributed by atoms with van der Waals surface area (Å²) in [5, 5.41) is 5.61. The Morgan fingerprint density at radius 1 is 0.944 bits per heavy atom. The van der Waals surface area contributed by atoms with Gasteiger partial charge in [-0.15, -0.1) is 0 Å². The fourth-order valence-corrected chi connectivity index (χ4v) is 3.73. The first-order valence-corrected chi connectivity index (χ1v) is 11.7. The smallest absolute Gasteiger partial charge is 0.248 e. The molecule has 1 atom stereocenters. The maximum absolute atomic E-state index is 13.7. The number of anilines is 2. The van der Waals surface area contributed by atoms with Gasteiger partial charge in [-0.2, -0.15) is 0 Å². The molecule has 0 saturated carbocycles. The molecule has 0 radical (unpaired) electrons. The predicted octanol–water partition coefficient (Wildman–Crippen LogP) is 4.94. The van der Waals surface area contributed by atoms with E-state index in [0.717, 1.165) is 5.56 Å². The maximum Gasteiger partial charge on any atom is 0.248 e. The fraction of sp³-hybridized carbons (Fsp3) is 0.286. The number of carbonyl (C=O) groups excluding carboxylic acids is 3. The van der Waals surface area contributed by atoms with Crippen LogP contribution >= 0.6 is 0 Å². The van der Waals surface area contributed by atoms with Crippen LogP contribution in [0.3, 0.4) is 0 Å². The second-order valence-electron chi connectivity index (χ2n) is 9.51. The first kappa shape index (κ1) is 26.5. The highest BCUT2D eigenvalue weighted by Crippen LogP contribution is 2.32. The van der Waals surface area contributed by atoms with Crippen LogP contribution in [0.15, 0.2) is 72.9 Å². The molecule has 1 unspecified atom stereocenters. The summed E-state index contributed by atoms with van der Waals surface area (Å²) in [5.74, 6) is -1.26. The number of aryl methyl sites for hydroxylation is 1. The van der Waals surface area contributed by atoms with Crippen LogP contribution in [0.1, 0.15) is 50.8 Å². The third-order valence-corrected chi connectivity index (χ3v) is 5.33. The highest BCUT2D eigenvalue weighted by molar-refractivity contribution is 6.03. The van der Waals surface area contributed by atoms with Crippen molar-refractivity contribution in [1.82, 2.24) is 10.3 Å². The number of halogens is 1. The predicted molar refractivity (Wildman–Crippen MR) is 138 cm³/mol. The zero-order valence-corrected chi connectivity index (χ0v) is 20.9. The lowest BCUT2D eigenvalue weighted by Crippen LogP contribution is -2.49. The molecule has 7 nitrogen and oxygen atoms in total.